The van der Waals surface area contributed by atoms with Gasteiger partial charge in [-0.15, -0.1) is 0 Å². The molecule has 5 rings (SSSR count). The van der Waals surface area contributed by atoms with Gasteiger partial charge in [-0.25, -0.2) is 9.97 Å². The van der Waals surface area contributed by atoms with Gasteiger partial charge in [-0.2, -0.15) is 0 Å². The molecule has 0 saturated carbocycles. The third-order valence-electron chi connectivity index (χ3n) is 9.26. The number of amidine groups is 1. The van der Waals surface area contributed by atoms with Crippen LogP contribution in [-0.4, -0.2) is 50.8 Å². The van der Waals surface area contributed by atoms with Crippen LogP contribution in [-0.2, 0) is 32.5 Å². The molecule has 262 valence electrons. The summed E-state index contributed by atoms with van der Waals surface area (Å²) in [6.45, 7) is 9.55. The molecule has 0 unspecified atom stereocenters. The summed E-state index contributed by atoms with van der Waals surface area (Å²) >= 11 is 0. The van der Waals surface area contributed by atoms with E-state index in [4.69, 9.17) is 21.9 Å². The second kappa shape index (κ2) is 18.2. The van der Waals surface area contributed by atoms with Gasteiger partial charge in [0.15, 0.2) is 0 Å². The van der Waals surface area contributed by atoms with Crippen molar-refractivity contribution < 1.29 is 4.79 Å². The Labute approximate surface area is 296 Å². The summed E-state index contributed by atoms with van der Waals surface area (Å²) in [5, 5.41) is 7.72. The molecule has 1 amide bonds. The number of fused-ring (bicyclic) bond motifs is 1. The Morgan fingerprint density at radius 2 is 1.46 bits per heavy atom. The zero-order chi connectivity index (χ0) is 35.3. The lowest BCUT2D eigenvalue weighted by atomic mass is 10.1. The van der Waals surface area contributed by atoms with E-state index in [1.807, 2.05) is 78.9 Å². The standard InChI is InChI=1S/C41H52N8O/c1-3-5-24-47(25-6-4-2)26-9-27-48-37-21-20-35(28-36(37)46-39(48)22-17-31-15-18-34(19-16-31)40(43)44)41(50)49(38-10-7-8-23-45-38)30-33-13-11-32(29-42)12-14-33/h7-8,10-16,18-21,23,28H,3-6,9,17,22,24-27,29-30,42H2,1-2H3,(H3,43,44). The molecule has 3 aromatic carbocycles. The molecule has 9 heteroatoms. The van der Waals surface area contributed by atoms with Crippen LogP contribution >= 0.6 is 0 Å². The number of imidazole rings is 1. The highest BCUT2D eigenvalue weighted by Crippen LogP contribution is 2.24. The van der Waals surface area contributed by atoms with Crippen LogP contribution in [0.25, 0.3) is 11.0 Å². The van der Waals surface area contributed by atoms with Crippen molar-refractivity contribution in [1.82, 2.24) is 19.4 Å². The minimum Gasteiger partial charge on any atom is -0.384 e. The number of nitrogens with two attached hydrogens (primary N) is 2. The van der Waals surface area contributed by atoms with Gasteiger partial charge >= 0.3 is 0 Å². The zero-order valence-corrected chi connectivity index (χ0v) is 29.7. The number of aromatic nitrogens is 3. The van der Waals surface area contributed by atoms with Gasteiger partial charge in [0.1, 0.15) is 17.5 Å². The lowest BCUT2D eigenvalue weighted by Gasteiger charge is -2.22. The topological polar surface area (TPSA) is 130 Å². The smallest absolute Gasteiger partial charge is 0.259 e. The maximum absolute atomic E-state index is 14.2. The average molecular weight is 673 g/mol. The van der Waals surface area contributed by atoms with Crippen LogP contribution in [0.3, 0.4) is 0 Å². The Morgan fingerprint density at radius 3 is 2.10 bits per heavy atom. The molecule has 0 atom stereocenters. The van der Waals surface area contributed by atoms with Gasteiger partial charge in [-0.3, -0.25) is 15.1 Å². The molecule has 0 aliphatic carbocycles. The van der Waals surface area contributed by atoms with Gasteiger partial charge < -0.3 is 20.9 Å². The highest BCUT2D eigenvalue weighted by atomic mass is 16.2. The lowest BCUT2D eigenvalue weighted by Crippen LogP contribution is -2.31. The van der Waals surface area contributed by atoms with Crippen LogP contribution in [0, 0.1) is 5.41 Å². The number of benzene rings is 3. The van der Waals surface area contributed by atoms with E-state index in [0.717, 1.165) is 79.0 Å². The molecule has 0 spiro atoms. The summed E-state index contributed by atoms with van der Waals surface area (Å²) in [7, 11) is 0. The number of carbonyl (C=O) groups excluding carboxylic acids is 1. The molecule has 2 aromatic heterocycles. The van der Waals surface area contributed by atoms with Gasteiger partial charge in [0, 0.05) is 36.8 Å². The molecule has 0 bridgehead atoms. The second-order valence-corrected chi connectivity index (χ2v) is 13.0. The first-order valence-electron chi connectivity index (χ1n) is 18.1. The number of nitrogen functional groups attached to an aromatic ring is 1. The van der Waals surface area contributed by atoms with Gasteiger partial charge in [0.25, 0.3) is 5.91 Å². The fourth-order valence-electron chi connectivity index (χ4n) is 6.30. The molecule has 9 nitrogen and oxygen atoms in total. The van der Waals surface area contributed by atoms with Crippen molar-refractivity contribution in [2.24, 2.45) is 11.5 Å². The third-order valence-corrected chi connectivity index (χ3v) is 9.26. The van der Waals surface area contributed by atoms with Crippen molar-refractivity contribution in [2.75, 3.05) is 24.5 Å². The van der Waals surface area contributed by atoms with Gasteiger partial charge in [-0.1, -0.05) is 81.3 Å². The highest BCUT2D eigenvalue weighted by molar-refractivity contribution is 6.07. The van der Waals surface area contributed by atoms with Crippen molar-refractivity contribution in [3.05, 3.63) is 125 Å². The largest absolute Gasteiger partial charge is 0.384 e. The Morgan fingerprint density at radius 1 is 0.800 bits per heavy atom. The molecular formula is C41H52N8O. The fraction of sp³-hybridized carbons (Fsp3) is 0.366. The number of unbranched alkanes of at least 4 members (excludes halogenated alkanes) is 2. The third kappa shape index (κ3) is 9.64. The quantitative estimate of drug-likeness (QED) is 0.0634. The molecule has 2 heterocycles. The number of nitrogens with one attached hydrogen (secondary N) is 1. The van der Waals surface area contributed by atoms with Crippen LogP contribution in [0.4, 0.5) is 5.82 Å². The molecular weight excluding hydrogens is 621 g/mol. The van der Waals surface area contributed by atoms with Crippen molar-refractivity contribution in [1.29, 1.82) is 5.41 Å². The van der Waals surface area contributed by atoms with Crippen LogP contribution in [0.1, 0.15) is 84.4 Å². The van der Waals surface area contributed by atoms with Crippen molar-refractivity contribution in [2.45, 2.75) is 78.4 Å². The fourth-order valence-corrected chi connectivity index (χ4v) is 6.30. The SMILES string of the molecule is CCCCN(CCCC)CCCn1c(CCc2ccc(C(=N)N)cc2)nc2cc(C(=O)N(Cc3ccc(CN)cc3)c3ccccn3)ccc21. The summed E-state index contributed by atoms with van der Waals surface area (Å²) in [5.41, 5.74) is 17.9. The number of anilines is 1. The van der Waals surface area contributed by atoms with E-state index in [1.165, 1.54) is 31.2 Å². The number of hydrogen-bond donors (Lipinski definition) is 3. The first-order valence-corrected chi connectivity index (χ1v) is 18.1. The van der Waals surface area contributed by atoms with E-state index in [9.17, 15) is 4.79 Å². The Kier molecular flexibility index (Phi) is 13.3. The number of rotatable bonds is 19. The van der Waals surface area contributed by atoms with Crippen LogP contribution in [0.2, 0.25) is 0 Å². The van der Waals surface area contributed by atoms with E-state index < -0.39 is 0 Å². The molecule has 0 radical (unpaired) electrons. The minimum absolute atomic E-state index is 0.0710. The zero-order valence-electron chi connectivity index (χ0n) is 29.7. The number of carbonyl (C=O) groups is 1. The van der Waals surface area contributed by atoms with Crippen molar-refractivity contribution in [3.63, 3.8) is 0 Å². The number of aryl methyl sites for hydroxylation is 3. The first-order chi connectivity index (χ1) is 24.4. The highest BCUT2D eigenvalue weighted by Gasteiger charge is 2.21. The molecule has 5 N–H and O–H groups in total. The molecule has 0 aliphatic heterocycles. The van der Waals surface area contributed by atoms with Crippen molar-refractivity contribution >= 4 is 28.6 Å². The van der Waals surface area contributed by atoms with E-state index in [0.29, 0.717) is 24.5 Å². The van der Waals surface area contributed by atoms with E-state index in [2.05, 4.69) is 34.4 Å². The number of hydrogen-bond acceptors (Lipinski definition) is 6. The van der Waals surface area contributed by atoms with Crippen LogP contribution in [0.5, 0.6) is 0 Å². The summed E-state index contributed by atoms with van der Waals surface area (Å²) in [6, 6.07) is 27.4. The minimum atomic E-state index is -0.127. The molecule has 5 aromatic rings. The van der Waals surface area contributed by atoms with Crippen LogP contribution in [0.15, 0.2) is 91.1 Å². The summed E-state index contributed by atoms with van der Waals surface area (Å²) in [5.74, 6) is 1.55. The lowest BCUT2D eigenvalue weighted by molar-refractivity contribution is 0.0984. The summed E-state index contributed by atoms with van der Waals surface area (Å²) in [4.78, 5) is 28.2. The number of nitrogens with zero attached hydrogens (tertiary/aromatic N) is 5. The molecule has 0 fully saturated rings. The van der Waals surface area contributed by atoms with E-state index in [-0.39, 0.29) is 11.7 Å². The van der Waals surface area contributed by atoms with Crippen LogP contribution < -0.4 is 16.4 Å². The van der Waals surface area contributed by atoms with Crippen molar-refractivity contribution in [3.8, 4) is 0 Å². The maximum Gasteiger partial charge on any atom is 0.259 e. The maximum atomic E-state index is 14.2. The predicted octanol–water partition coefficient (Wildman–Crippen LogP) is 7.10. The first kappa shape index (κ1) is 36.4. The van der Waals surface area contributed by atoms with Gasteiger partial charge in [0.2, 0.25) is 0 Å². The van der Waals surface area contributed by atoms with E-state index in [1.54, 1.807) is 11.1 Å². The summed E-state index contributed by atoms with van der Waals surface area (Å²) < 4.78 is 2.35. The Balaban J connectivity index is 1.42. The van der Waals surface area contributed by atoms with Gasteiger partial charge in [-0.05, 0) is 92.3 Å². The Bertz CT molecular complexity index is 1810. The molecule has 0 aliphatic rings. The molecule has 0 saturated heterocycles. The van der Waals surface area contributed by atoms with Gasteiger partial charge in [0.05, 0.1) is 17.6 Å². The summed E-state index contributed by atoms with van der Waals surface area (Å²) in [6.07, 6.45) is 9.14. The second-order valence-electron chi connectivity index (χ2n) is 13.0. The Hall–Kier alpha value is -4.86. The van der Waals surface area contributed by atoms with E-state index >= 15 is 0 Å². The predicted molar refractivity (Wildman–Crippen MR) is 205 cm³/mol. The average Bonchev–Trinajstić information content (AvgIpc) is 3.50. The molecule has 50 heavy (non-hydrogen) atoms. The monoisotopic (exact) mass is 672 g/mol. The number of amides is 1. The number of pyridine rings is 1. The normalized spacial score (nSPS) is 11.4.